The van der Waals surface area contributed by atoms with Crippen molar-refractivity contribution in [2.45, 2.75) is 51.9 Å². The number of phenolic OH excluding ortho intramolecular Hbond substituents is 4. The van der Waals surface area contributed by atoms with Gasteiger partial charge in [-0.3, -0.25) is 0 Å². The molecule has 0 heterocycles. The van der Waals surface area contributed by atoms with E-state index in [9.17, 15) is 60.0 Å². The predicted octanol–water partition coefficient (Wildman–Crippen LogP) is -13.6. The first kappa shape index (κ1) is 59.9. The second kappa shape index (κ2) is 29.2. The second-order valence-electron chi connectivity index (χ2n) is 13.1. The van der Waals surface area contributed by atoms with Crippen LogP contribution in [0.15, 0.2) is 72.8 Å². The fraction of sp³-hybridized carbons (Fsp3) is 0.300. The molecule has 300 valence electrons. The van der Waals surface area contributed by atoms with E-state index in [4.69, 9.17) is 0 Å². The number of rotatable bonds is 18. The van der Waals surface area contributed by atoms with Gasteiger partial charge in [0.2, 0.25) is 0 Å². The van der Waals surface area contributed by atoms with Crippen molar-refractivity contribution in [2.75, 3.05) is 26.2 Å². The summed E-state index contributed by atoms with van der Waals surface area (Å²) >= 11 is 0. The number of carbonyl (C=O) groups excluding carboxylic acids is 4. The Bertz CT molecular complexity index is 1760. The minimum atomic E-state index is -1.42. The maximum atomic E-state index is 11.4. The molecule has 0 fully saturated rings. The Kier molecular flexibility index (Phi) is 29.2. The summed E-state index contributed by atoms with van der Waals surface area (Å²) in [4.78, 5) is 45.7. The van der Waals surface area contributed by atoms with Crippen molar-refractivity contribution in [3.63, 3.8) is 0 Å². The molecule has 0 radical (unpaired) electrons. The molecule has 0 aliphatic rings. The quantitative estimate of drug-likeness (QED) is 0.0341. The first-order valence-electron chi connectivity index (χ1n) is 17.4. The van der Waals surface area contributed by atoms with Crippen LogP contribution in [-0.4, -0.2) is 70.5 Å². The summed E-state index contributed by atoms with van der Waals surface area (Å²) < 4.78 is 0. The zero-order valence-electron chi connectivity index (χ0n) is 35.1. The van der Waals surface area contributed by atoms with Crippen LogP contribution < -0.4 is 160 Å². The van der Waals surface area contributed by atoms with Crippen LogP contribution in [0.25, 0.3) is 0 Å². The molecule has 0 bridgehead atoms. The summed E-state index contributed by atoms with van der Waals surface area (Å²) in [6.07, 6.45) is 0. The molecule has 8 N–H and O–H groups in total. The van der Waals surface area contributed by atoms with E-state index in [2.05, 4.69) is 21.3 Å². The average Bonchev–Trinajstić information content (AvgIpc) is 3.10. The van der Waals surface area contributed by atoms with Gasteiger partial charge in [-0.25, -0.2) is 0 Å². The number of benzene rings is 4. The monoisotopic (exact) mass is 864 g/mol. The third-order valence-corrected chi connectivity index (χ3v) is 8.57. The number of phenols is 4. The zero-order chi connectivity index (χ0) is 41.7. The van der Waals surface area contributed by atoms with Gasteiger partial charge in [0.1, 0.15) is 23.0 Å². The number of carbonyl (C=O) groups is 4. The molecule has 20 heteroatoms. The molecule has 4 aromatic rings. The van der Waals surface area contributed by atoms with Crippen molar-refractivity contribution in [3.05, 3.63) is 117 Å². The molecule has 4 rings (SSSR count). The largest absolute Gasteiger partial charge is 1.00 e. The van der Waals surface area contributed by atoms with Gasteiger partial charge in [0.25, 0.3) is 0 Å². The molecule has 0 saturated heterocycles. The van der Waals surface area contributed by atoms with Crippen LogP contribution in [0.5, 0.6) is 23.0 Å². The molecule has 0 spiro atoms. The summed E-state index contributed by atoms with van der Waals surface area (Å²) in [6, 6.07) is 13.3. The van der Waals surface area contributed by atoms with Crippen molar-refractivity contribution < 1.29 is 178 Å². The van der Waals surface area contributed by atoms with Crippen molar-refractivity contribution in [3.8, 4) is 23.0 Å². The van der Waals surface area contributed by atoms with E-state index in [0.717, 1.165) is 22.3 Å². The summed E-state index contributed by atoms with van der Waals surface area (Å²) in [6.45, 7) is 7.27. The fourth-order valence-corrected chi connectivity index (χ4v) is 5.74. The first-order valence-corrected chi connectivity index (χ1v) is 17.4. The molecule has 0 aromatic heterocycles. The Morgan fingerprint density at radius 3 is 0.700 bits per heavy atom. The molecular weight excluding hydrogens is 820 g/mol. The minimum Gasteiger partial charge on any atom is -0.548 e. The van der Waals surface area contributed by atoms with Crippen molar-refractivity contribution in [2.24, 2.45) is 0 Å². The number of carboxylic acids is 4. The number of aromatic hydroxyl groups is 4. The number of hydrogen-bond acceptors (Lipinski definition) is 16. The van der Waals surface area contributed by atoms with Crippen molar-refractivity contribution in [1.82, 2.24) is 21.3 Å². The van der Waals surface area contributed by atoms with E-state index in [1.165, 1.54) is 48.5 Å². The van der Waals surface area contributed by atoms with E-state index >= 15 is 0 Å². The van der Waals surface area contributed by atoms with Gasteiger partial charge in [-0.05, 0) is 74.2 Å². The zero-order valence-corrected chi connectivity index (χ0v) is 43.1. The Balaban J connectivity index is 0. The molecular formula is C40H44N4Na4O12. The van der Waals surface area contributed by atoms with Gasteiger partial charge in [0, 0.05) is 48.4 Å². The molecule has 4 aromatic carbocycles. The average molecular weight is 865 g/mol. The Morgan fingerprint density at radius 2 is 0.567 bits per heavy atom. The van der Waals surface area contributed by atoms with E-state index in [-0.39, 0.29) is 190 Å². The maximum Gasteiger partial charge on any atom is 1.00 e. The maximum absolute atomic E-state index is 11.4. The fourth-order valence-electron chi connectivity index (χ4n) is 5.74. The summed E-state index contributed by atoms with van der Waals surface area (Å²) in [5.74, 6) is -6.39. The molecule has 0 amide bonds. The van der Waals surface area contributed by atoms with Gasteiger partial charge in [0.15, 0.2) is 0 Å². The molecule has 0 aliphatic carbocycles. The Hall–Kier alpha value is -2.20. The number of aryl methyl sites for hydroxylation is 4. The van der Waals surface area contributed by atoms with Crippen LogP contribution in [0, 0.1) is 27.7 Å². The van der Waals surface area contributed by atoms with E-state index in [1.54, 1.807) is 52.0 Å². The third-order valence-electron chi connectivity index (χ3n) is 8.57. The number of aliphatic carboxylic acids is 4. The van der Waals surface area contributed by atoms with Gasteiger partial charge in [0.05, 0.1) is 48.0 Å². The predicted molar refractivity (Wildman–Crippen MR) is 194 cm³/mol. The van der Waals surface area contributed by atoms with Gasteiger partial charge < -0.3 is 81.3 Å². The first-order chi connectivity index (χ1) is 26.4. The molecule has 0 aliphatic heterocycles. The molecule has 0 saturated carbocycles. The van der Waals surface area contributed by atoms with E-state index in [1.807, 2.05) is 0 Å². The third kappa shape index (κ3) is 18.3. The van der Waals surface area contributed by atoms with E-state index in [0.29, 0.717) is 0 Å². The second-order valence-corrected chi connectivity index (χ2v) is 13.1. The molecule has 4 unspecified atom stereocenters. The summed E-state index contributed by atoms with van der Waals surface area (Å²) in [5.41, 5.74) is 3.70. The van der Waals surface area contributed by atoms with Crippen molar-refractivity contribution in [1.29, 1.82) is 0 Å². The molecule has 60 heavy (non-hydrogen) atoms. The van der Waals surface area contributed by atoms with Gasteiger partial charge in [-0.2, -0.15) is 0 Å². The molecule has 16 nitrogen and oxygen atoms in total. The van der Waals surface area contributed by atoms with Crippen LogP contribution in [0.2, 0.25) is 0 Å². The van der Waals surface area contributed by atoms with Crippen molar-refractivity contribution >= 4 is 23.9 Å². The minimum absolute atomic E-state index is 0. The number of hydrogen-bond donors (Lipinski definition) is 8. The topological polar surface area (TPSA) is 290 Å². The van der Waals surface area contributed by atoms with Crippen LogP contribution in [0.4, 0.5) is 0 Å². The van der Waals surface area contributed by atoms with Gasteiger partial charge in [-0.1, -0.05) is 48.5 Å². The van der Waals surface area contributed by atoms with Gasteiger partial charge >= 0.3 is 118 Å². The normalized spacial score (nSPS) is 12.2. The van der Waals surface area contributed by atoms with Crippen LogP contribution in [0.1, 0.15) is 68.7 Å². The summed E-state index contributed by atoms with van der Waals surface area (Å²) in [7, 11) is 0. The van der Waals surface area contributed by atoms with Crippen LogP contribution in [-0.2, 0) is 19.2 Å². The number of carboxylic acid groups (broad SMARTS) is 4. The smallest absolute Gasteiger partial charge is 0.548 e. The summed E-state index contributed by atoms with van der Waals surface area (Å²) in [5, 5.41) is 96.4. The Labute approximate surface area is 436 Å². The van der Waals surface area contributed by atoms with E-state index < -0.39 is 48.0 Å². The standard InChI is InChI=1S/2C20H24N2O6.4Na/c2*1-11-3-5-13(15(23)9-11)17(19(25)26)21-7-8-22-18(20(27)28)14-6-4-12(2)10-16(14)24;;;;/h2*3-6,9-10,17-18,21-24H,7-8H2,1-2H3,(H,25,26)(H,27,28);;;;/q;;4*+1/p-4. The SMILES string of the molecule is Cc1ccc(C(NCCNC(C(=O)[O-])c2ccc(C)cc2O)C(=O)[O-])c(O)c1.Cc1ccc(C(NCCNC(C(=O)[O-])c2ccc(C)cc2O)C(=O)[O-])c(O)c1.[Na+].[Na+].[Na+].[Na+]. The Morgan fingerprint density at radius 1 is 0.400 bits per heavy atom. The number of nitrogens with one attached hydrogen (secondary N) is 4. The van der Waals surface area contributed by atoms with Gasteiger partial charge in [-0.15, -0.1) is 0 Å². The van der Waals surface area contributed by atoms with Crippen LogP contribution >= 0.6 is 0 Å². The van der Waals surface area contributed by atoms with Crippen LogP contribution in [0.3, 0.4) is 0 Å². The molecule has 4 atom stereocenters.